The van der Waals surface area contributed by atoms with Gasteiger partial charge < -0.3 is 9.57 Å². The van der Waals surface area contributed by atoms with Gasteiger partial charge in [0.05, 0.1) is 23.9 Å². The van der Waals surface area contributed by atoms with E-state index < -0.39 is 28.9 Å². The lowest BCUT2D eigenvalue weighted by molar-refractivity contribution is -0.138. The third-order valence-electron chi connectivity index (χ3n) is 4.40. The van der Waals surface area contributed by atoms with E-state index in [9.17, 15) is 18.0 Å². The van der Waals surface area contributed by atoms with Gasteiger partial charge in [-0.1, -0.05) is 34.4 Å². The summed E-state index contributed by atoms with van der Waals surface area (Å²) in [6, 6.07) is 8.19. The zero-order chi connectivity index (χ0) is 20.7. The van der Waals surface area contributed by atoms with Crippen LogP contribution in [0, 0.1) is 0 Å². The molecule has 2 aromatic carbocycles. The summed E-state index contributed by atoms with van der Waals surface area (Å²) in [6.07, 6.45) is -4.54. The summed E-state index contributed by atoms with van der Waals surface area (Å²) in [5.74, 6) is -1.07. The van der Waals surface area contributed by atoms with Gasteiger partial charge >= 0.3 is 12.1 Å². The van der Waals surface area contributed by atoms with E-state index in [1.54, 1.807) is 25.1 Å². The van der Waals surface area contributed by atoms with Crippen LogP contribution in [0.15, 0.2) is 41.6 Å². The summed E-state index contributed by atoms with van der Waals surface area (Å²) < 4.78 is 44.7. The third kappa shape index (κ3) is 3.95. The van der Waals surface area contributed by atoms with Crippen LogP contribution in [-0.2, 0) is 21.4 Å². The number of rotatable bonds is 3. The van der Waals surface area contributed by atoms with Gasteiger partial charge in [0.2, 0.25) is 0 Å². The molecule has 0 aromatic heterocycles. The molecular weight excluding hydrogens is 418 g/mol. The number of hydrogen-bond acceptors (Lipinski definition) is 4. The van der Waals surface area contributed by atoms with Crippen molar-refractivity contribution in [1.29, 1.82) is 0 Å². The quantitative estimate of drug-likeness (QED) is 0.573. The van der Waals surface area contributed by atoms with E-state index >= 15 is 0 Å². The molecule has 0 bridgehead atoms. The Balaban J connectivity index is 1.96. The molecule has 28 heavy (non-hydrogen) atoms. The van der Waals surface area contributed by atoms with E-state index in [0.717, 1.165) is 19.2 Å². The number of esters is 1. The monoisotopic (exact) mass is 431 g/mol. The molecule has 1 atom stereocenters. The number of carbonyl (C=O) groups is 1. The van der Waals surface area contributed by atoms with Crippen molar-refractivity contribution < 1.29 is 27.5 Å². The van der Waals surface area contributed by atoms with Crippen molar-refractivity contribution in [1.82, 2.24) is 0 Å². The third-order valence-corrected chi connectivity index (χ3v) is 4.84. The van der Waals surface area contributed by atoms with E-state index in [1.165, 1.54) is 6.07 Å². The number of hydrogen-bond donors (Lipinski definition) is 0. The van der Waals surface area contributed by atoms with E-state index in [1.807, 2.05) is 0 Å². The second kappa shape index (κ2) is 7.29. The minimum absolute atomic E-state index is 0.192. The molecule has 2 aromatic rings. The first-order valence-electron chi connectivity index (χ1n) is 8.05. The highest BCUT2D eigenvalue weighted by Crippen LogP contribution is 2.39. The maximum Gasteiger partial charge on any atom is 0.417 e. The number of ether oxygens (including phenoxy) is 1. The minimum Gasteiger partial charge on any atom is -0.465 e. The Hall–Kier alpha value is -2.25. The molecule has 1 aliphatic rings. The highest BCUT2D eigenvalue weighted by Gasteiger charge is 2.39. The molecule has 0 saturated carbocycles. The zero-order valence-electron chi connectivity index (χ0n) is 14.7. The van der Waals surface area contributed by atoms with Gasteiger partial charge in [0.25, 0.3) is 0 Å². The minimum atomic E-state index is -4.73. The van der Waals surface area contributed by atoms with Crippen LogP contribution in [0.4, 0.5) is 13.2 Å². The standard InChI is InChI=1S/C19H14Cl2F3NO3/c1-18(11-6-12(20)8-13(21)7-11)9-16(25-28-18)10-3-4-14(17(26)27-2)15(5-10)19(22,23)24/h3-8H,9H2,1-2H3. The molecule has 4 nitrogen and oxygen atoms in total. The van der Waals surface area contributed by atoms with E-state index in [4.69, 9.17) is 28.0 Å². The van der Waals surface area contributed by atoms with Crippen molar-refractivity contribution in [3.05, 3.63) is 68.7 Å². The van der Waals surface area contributed by atoms with Crippen molar-refractivity contribution in [2.75, 3.05) is 7.11 Å². The summed E-state index contributed by atoms with van der Waals surface area (Å²) in [6.45, 7) is 1.74. The topological polar surface area (TPSA) is 47.9 Å². The number of methoxy groups -OCH3 is 1. The van der Waals surface area contributed by atoms with Gasteiger partial charge in [0.1, 0.15) is 0 Å². The maximum absolute atomic E-state index is 13.4. The molecule has 148 valence electrons. The van der Waals surface area contributed by atoms with Crippen molar-refractivity contribution >= 4 is 34.9 Å². The molecule has 1 aliphatic heterocycles. The summed E-state index contributed by atoms with van der Waals surface area (Å²) in [4.78, 5) is 17.2. The van der Waals surface area contributed by atoms with Crippen molar-refractivity contribution in [3.8, 4) is 0 Å². The first kappa shape index (κ1) is 20.5. The molecule has 0 spiro atoms. The largest absolute Gasteiger partial charge is 0.465 e. The smallest absolute Gasteiger partial charge is 0.417 e. The van der Waals surface area contributed by atoms with Crippen LogP contribution in [-0.4, -0.2) is 18.8 Å². The molecule has 1 unspecified atom stereocenters. The van der Waals surface area contributed by atoms with Gasteiger partial charge in [-0.15, -0.1) is 0 Å². The van der Waals surface area contributed by atoms with Crippen molar-refractivity contribution in [2.45, 2.75) is 25.1 Å². The summed E-state index contributed by atoms with van der Waals surface area (Å²) >= 11 is 12.1. The lowest BCUT2D eigenvalue weighted by Gasteiger charge is -2.22. The fourth-order valence-corrected chi connectivity index (χ4v) is 3.48. The second-order valence-electron chi connectivity index (χ2n) is 6.44. The highest BCUT2D eigenvalue weighted by atomic mass is 35.5. The van der Waals surface area contributed by atoms with Crippen LogP contribution >= 0.6 is 23.2 Å². The molecule has 0 radical (unpaired) electrons. The lowest BCUT2D eigenvalue weighted by Crippen LogP contribution is -2.22. The zero-order valence-corrected chi connectivity index (χ0v) is 16.2. The van der Waals surface area contributed by atoms with Gasteiger partial charge in [0.15, 0.2) is 5.60 Å². The predicted molar refractivity (Wildman–Crippen MR) is 98.8 cm³/mol. The Morgan fingerprint density at radius 2 is 1.82 bits per heavy atom. The SMILES string of the molecule is COC(=O)c1ccc(C2=NOC(C)(c3cc(Cl)cc(Cl)c3)C2)cc1C(F)(F)F. The van der Waals surface area contributed by atoms with Crippen LogP contribution in [0.5, 0.6) is 0 Å². The van der Waals surface area contributed by atoms with Crippen LogP contribution in [0.25, 0.3) is 0 Å². The lowest BCUT2D eigenvalue weighted by atomic mass is 9.88. The van der Waals surface area contributed by atoms with Gasteiger partial charge in [-0.3, -0.25) is 0 Å². The first-order valence-corrected chi connectivity index (χ1v) is 8.80. The van der Waals surface area contributed by atoms with Gasteiger partial charge in [-0.2, -0.15) is 13.2 Å². The number of oxime groups is 1. The summed E-state index contributed by atoms with van der Waals surface area (Å²) in [5.41, 5.74) is -1.46. The Morgan fingerprint density at radius 1 is 1.18 bits per heavy atom. The molecule has 0 N–H and O–H groups in total. The predicted octanol–water partition coefficient (Wildman–Crippen LogP) is 5.84. The number of alkyl halides is 3. The number of nitrogens with zero attached hydrogens (tertiary/aromatic N) is 1. The average molecular weight is 432 g/mol. The average Bonchev–Trinajstić information content (AvgIpc) is 3.02. The second-order valence-corrected chi connectivity index (χ2v) is 7.32. The number of halogens is 5. The Morgan fingerprint density at radius 3 is 2.39 bits per heavy atom. The van der Waals surface area contributed by atoms with Gasteiger partial charge in [-0.25, -0.2) is 4.79 Å². The van der Waals surface area contributed by atoms with Crippen molar-refractivity contribution in [3.63, 3.8) is 0 Å². The molecule has 0 fully saturated rings. The van der Waals surface area contributed by atoms with Gasteiger partial charge in [-0.05, 0) is 37.3 Å². The first-order chi connectivity index (χ1) is 13.0. The van der Waals surface area contributed by atoms with Crippen molar-refractivity contribution in [2.24, 2.45) is 5.16 Å². The molecule has 3 rings (SSSR count). The summed E-state index contributed by atoms with van der Waals surface area (Å²) in [5, 5.41) is 4.77. The molecule has 0 aliphatic carbocycles. The highest BCUT2D eigenvalue weighted by molar-refractivity contribution is 6.34. The normalized spacial score (nSPS) is 19.2. The van der Waals surface area contributed by atoms with Crippen LogP contribution in [0.2, 0.25) is 10.0 Å². The Kier molecular flexibility index (Phi) is 5.34. The van der Waals surface area contributed by atoms with Crippen LogP contribution in [0.3, 0.4) is 0 Å². The fourth-order valence-electron chi connectivity index (χ4n) is 2.95. The molecule has 0 amide bonds. The summed E-state index contributed by atoms with van der Waals surface area (Å²) in [7, 11) is 1.02. The fraction of sp³-hybridized carbons (Fsp3) is 0.263. The Bertz CT molecular complexity index is 955. The van der Waals surface area contributed by atoms with E-state index in [0.29, 0.717) is 21.3 Å². The Labute approximate surface area is 168 Å². The van der Waals surface area contributed by atoms with Crippen LogP contribution in [0.1, 0.15) is 40.4 Å². The maximum atomic E-state index is 13.4. The molecule has 1 heterocycles. The number of carbonyl (C=O) groups excluding carboxylic acids is 1. The van der Waals surface area contributed by atoms with Crippen LogP contribution < -0.4 is 0 Å². The number of benzene rings is 2. The van der Waals surface area contributed by atoms with E-state index in [2.05, 4.69) is 9.89 Å². The molecule has 0 saturated heterocycles. The van der Waals surface area contributed by atoms with Gasteiger partial charge in [0, 0.05) is 27.6 Å². The molecular formula is C19H14Cl2F3NO3. The molecule has 9 heteroatoms. The van der Waals surface area contributed by atoms with E-state index in [-0.39, 0.29) is 12.0 Å².